The third-order valence-corrected chi connectivity index (χ3v) is 5.16. The molecule has 0 aliphatic carbocycles. The fraction of sp³-hybridized carbons (Fsp3) is 0.381. The van der Waals surface area contributed by atoms with E-state index in [1.165, 1.54) is 21.3 Å². The molecule has 2 heterocycles. The Bertz CT molecular complexity index is 869. The number of piperidine rings is 1. The summed E-state index contributed by atoms with van der Waals surface area (Å²) in [7, 11) is 4.51. The molecule has 1 saturated heterocycles. The van der Waals surface area contributed by atoms with Crippen molar-refractivity contribution in [2.45, 2.75) is 25.3 Å². The van der Waals surface area contributed by atoms with E-state index in [1.54, 1.807) is 18.3 Å². The number of methoxy groups -OCH3 is 3. The fourth-order valence-electron chi connectivity index (χ4n) is 3.53. The standard InChI is InChI=1S/C21H26N4O4S/c1-27-17-11-15(12-18(28-2)19(17)29-3)20(26)23-21(30)24-25-10-5-4-8-16(25)14-7-6-9-22-13-14/h6-7,9,11-13,16H,4-5,8,10H2,1-3H3,(H2,23,24,26,30)/t16-/m0/s1. The Balaban J connectivity index is 1.70. The Morgan fingerprint density at radius 2 is 1.90 bits per heavy atom. The Morgan fingerprint density at radius 1 is 1.17 bits per heavy atom. The van der Waals surface area contributed by atoms with Crippen molar-refractivity contribution in [2.24, 2.45) is 0 Å². The van der Waals surface area contributed by atoms with Crippen LogP contribution in [0.15, 0.2) is 36.7 Å². The number of hydrogen-bond donors (Lipinski definition) is 2. The van der Waals surface area contributed by atoms with Crippen molar-refractivity contribution in [2.75, 3.05) is 27.9 Å². The number of aromatic nitrogens is 1. The van der Waals surface area contributed by atoms with Gasteiger partial charge >= 0.3 is 0 Å². The molecular weight excluding hydrogens is 404 g/mol. The predicted molar refractivity (Wildman–Crippen MR) is 117 cm³/mol. The van der Waals surface area contributed by atoms with E-state index >= 15 is 0 Å². The van der Waals surface area contributed by atoms with Gasteiger partial charge in [-0.1, -0.05) is 12.5 Å². The molecule has 1 aromatic carbocycles. The zero-order valence-electron chi connectivity index (χ0n) is 17.3. The minimum atomic E-state index is -0.373. The van der Waals surface area contributed by atoms with Crippen LogP contribution < -0.4 is 25.0 Å². The van der Waals surface area contributed by atoms with Crippen LogP contribution in [-0.4, -0.2) is 48.9 Å². The Hall–Kier alpha value is -2.91. The van der Waals surface area contributed by atoms with Gasteiger partial charge in [-0.2, -0.15) is 0 Å². The Morgan fingerprint density at radius 3 is 2.50 bits per heavy atom. The van der Waals surface area contributed by atoms with E-state index in [1.807, 2.05) is 12.3 Å². The minimum Gasteiger partial charge on any atom is -0.493 e. The summed E-state index contributed by atoms with van der Waals surface area (Å²) < 4.78 is 15.9. The van der Waals surface area contributed by atoms with Gasteiger partial charge in [0.1, 0.15) is 0 Å². The van der Waals surface area contributed by atoms with Crippen LogP contribution in [0.2, 0.25) is 0 Å². The zero-order valence-corrected chi connectivity index (χ0v) is 18.1. The Labute approximate surface area is 181 Å². The number of amides is 1. The summed E-state index contributed by atoms with van der Waals surface area (Å²) in [5.41, 5.74) is 4.62. The second-order valence-electron chi connectivity index (χ2n) is 6.80. The van der Waals surface area contributed by atoms with Crippen LogP contribution >= 0.6 is 12.2 Å². The zero-order chi connectivity index (χ0) is 21.5. The topological polar surface area (TPSA) is 85.0 Å². The molecule has 160 valence electrons. The van der Waals surface area contributed by atoms with Gasteiger partial charge in [-0.3, -0.25) is 20.5 Å². The highest BCUT2D eigenvalue weighted by atomic mass is 32.1. The van der Waals surface area contributed by atoms with Crippen LogP contribution in [0.4, 0.5) is 0 Å². The average molecular weight is 431 g/mol. The molecule has 30 heavy (non-hydrogen) atoms. The molecule has 1 amide bonds. The summed E-state index contributed by atoms with van der Waals surface area (Å²) in [6.07, 6.45) is 6.78. The number of nitrogens with one attached hydrogen (secondary N) is 2. The molecule has 1 fully saturated rings. The van der Waals surface area contributed by atoms with Crippen LogP contribution in [0.1, 0.15) is 41.2 Å². The van der Waals surface area contributed by atoms with Gasteiger partial charge in [-0.15, -0.1) is 0 Å². The van der Waals surface area contributed by atoms with Crippen molar-refractivity contribution in [3.63, 3.8) is 0 Å². The largest absolute Gasteiger partial charge is 0.493 e. The first-order valence-electron chi connectivity index (χ1n) is 9.66. The number of pyridine rings is 1. The smallest absolute Gasteiger partial charge is 0.257 e. The number of ether oxygens (including phenoxy) is 3. The lowest BCUT2D eigenvalue weighted by atomic mass is 9.98. The van der Waals surface area contributed by atoms with Gasteiger partial charge in [0.25, 0.3) is 5.91 Å². The molecule has 2 N–H and O–H groups in total. The molecule has 9 heteroatoms. The summed E-state index contributed by atoms with van der Waals surface area (Å²) in [6.45, 7) is 0.819. The molecule has 2 aromatic rings. The third kappa shape index (κ3) is 4.98. The summed E-state index contributed by atoms with van der Waals surface area (Å²) >= 11 is 5.40. The molecule has 1 aliphatic rings. The van der Waals surface area contributed by atoms with E-state index in [-0.39, 0.29) is 17.1 Å². The molecule has 1 atom stereocenters. The highest BCUT2D eigenvalue weighted by Crippen LogP contribution is 2.38. The van der Waals surface area contributed by atoms with Crippen LogP contribution in [0.5, 0.6) is 17.2 Å². The number of nitrogens with zero attached hydrogens (tertiary/aromatic N) is 2. The predicted octanol–water partition coefficient (Wildman–Crippen LogP) is 2.85. The van der Waals surface area contributed by atoms with E-state index in [0.29, 0.717) is 22.8 Å². The second-order valence-corrected chi connectivity index (χ2v) is 7.21. The molecule has 0 bridgehead atoms. The van der Waals surface area contributed by atoms with Gasteiger partial charge in [-0.05, 0) is 48.8 Å². The first-order chi connectivity index (χ1) is 14.6. The molecule has 0 unspecified atom stereocenters. The lowest BCUT2D eigenvalue weighted by Gasteiger charge is -2.36. The SMILES string of the molecule is COc1cc(C(=O)NC(=S)NN2CCCC[C@H]2c2cccnc2)cc(OC)c1OC. The number of carbonyl (C=O) groups is 1. The van der Waals surface area contributed by atoms with Gasteiger partial charge < -0.3 is 14.2 Å². The van der Waals surface area contributed by atoms with Crippen LogP contribution in [0.25, 0.3) is 0 Å². The summed E-state index contributed by atoms with van der Waals surface area (Å²) in [5.74, 6) is 0.841. The van der Waals surface area contributed by atoms with E-state index in [2.05, 4.69) is 26.8 Å². The van der Waals surface area contributed by atoms with Crippen LogP contribution in [0.3, 0.4) is 0 Å². The molecule has 0 saturated carbocycles. The number of hydrogen-bond acceptors (Lipinski definition) is 7. The molecule has 8 nitrogen and oxygen atoms in total. The van der Waals surface area contributed by atoms with Gasteiger partial charge in [0.2, 0.25) is 5.75 Å². The number of thiocarbonyl (C=S) groups is 1. The van der Waals surface area contributed by atoms with Gasteiger partial charge in [0.15, 0.2) is 16.6 Å². The molecule has 0 spiro atoms. The maximum absolute atomic E-state index is 12.8. The number of rotatable bonds is 6. The quantitative estimate of drug-likeness (QED) is 0.677. The normalized spacial score (nSPS) is 16.4. The van der Waals surface area contributed by atoms with E-state index < -0.39 is 0 Å². The average Bonchev–Trinajstić information content (AvgIpc) is 2.78. The van der Waals surface area contributed by atoms with Gasteiger partial charge in [-0.25, -0.2) is 5.01 Å². The number of benzene rings is 1. The maximum Gasteiger partial charge on any atom is 0.257 e. The maximum atomic E-state index is 12.8. The molecule has 1 aliphatic heterocycles. The second kappa shape index (κ2) is 10.2. The van der Waals surface area contributed by atoms with Crippen molar-refractivity contribution >= 4 is 23.2 Å². The summed E-state index contributed by atoms with van der Waals surface area (Å²) in [4.78, 5) is 17.0. The first kappa shape index (κ1) is 21.8. The number of hydrazine groups is 1. The van der Waals surface area contributed by atoms with Gasteiger partial charge in [0, 0.05) is 24.5 Å². The van der Waals surface area contributed by atoms with Crippen molar-refractivity contribution in [1.82, 2.24) is 20.7 Å². The van der Waals surface area contributed by atoms with E-state index in [9.17, 15) is 4.79 Å². The van der Waals surface area contributed by atoms with Crippen molar-refractivity contribution < 1.29 is 19.0 Å². The molecular formula is C21H26N4O4S. The highest BCUT2D eigenvalue weighted by Gasteiger charge is 2.25. The van der Waals surface area contributed by atoms with Crippen molar-refractivity contribution in [1.29, 1.82) is 0 Å². The molecule has 1 aromatic heterocycles. The lowest BCUT2D eigenvalue weighted by molar-refractivity contribution is 0.0957. The number of carbonyl (C=O) groups excluding carboxylic acids is 1. The highest BCUT2D eigenvalue weighted by molar-refractivity contribution is 7.80. The Kier molecular flexibility index (Phi) is 7.42. The summed E-state index contributed by atoms with van der Waals surface area (Å²) in [5, 5.41) is 5.01. The monoisotopic (exact) mass is 430 g/mol. The van der Waals surface area contributed by atoms with Crippen LogP contribution in [0, 0.1) is 0 Å². The van der Waals surface area contributed by atoms with E-state index in [0.717, 1.165) is 31.4 Å². The minimum absolute atomic E-state index is 0.142. The van der Waals surface area contributed by atoms with E-state index in [4.69, 9.17) is 26.4 Å². The lowest BCUT2D eigenvalue weighted by Crippen LogP contribution is -2.51. The molecule has 3 rings (SSSR count). The van der Waals surface area contributed by atoms with Crippen molar-refractivity contribution in [3.05, 3.63) is 47.8 Å². The molecule has 0 radical (unpaired) electrons. The first-order valence-corrected chi connectivity index (χ1v) is 10.1. The van der Waals surface area contributed by atoms with Crippen LogP contribution in [-0.2, 0) is 0 Å². The van der Waals surface area contributed by atoms with Crippen molar-refractivity contribution in [3.8, 4) is 17.2 Å². The van der Waals surface area contributed by atoms with Gasteiger partial charge in [0.05, 0.1) is 27.4 Å². The third-order valence-electron chi connectivity index (χ3n) is 4.97. The summed E-state index contributed by atoms with van der Waals surface area (Å²) in [6, 6.07) is 7.28. The fourth-order valence-corrected chi connectivity index (χ4v) is 3.74.